The normalized spacial score (nSPS) is 13.0. The van der Waals surface area contributed by atoms with E-state index >= 15 is 0 Å². The molecule has 2 aromatic carbocycles. The van der Waals surface area contributed by atoms with Gasteiger partial charge in [-0.05, 0) is 55.9 Å². The van der Waals surface area contributed by atoms with Gasteiger partial charge in [-0.2, -0.15) is 21.4 Å². The molecule has 24 heteroatoms. The van der Waals surface area contributed by atoms with Gasteiger partial charge in [0.1, 0.15) is 17.9 Å². The fraction of sp³-hybridized carbons (Fsp3) is 0.489. The Balaban J connectivity index is 0.00000818. The molecule has 0 radical (unpaired) electrons. The number of amides is 5. The van der Waals surface area contributed by atoms with Crippen LogP contribution in [-0.4, -0.2) is 141 Å². The van der Waals surface area contributed by atoms with Crippen molar-refractivity contribution in [3.05, 3.63) is 71.8 Å². The van der Waals surface area contributed by atoms with Gasteiger partial charge in [-0.15, -0.1) is 0 Å². The van der Waals surface area contributed by atoms with Crippen LogP contribution in [0.4, 0.5) is 4.79 Å². The third-order valence-corrected chi connectivity index (χ3v) is 11.2. The van der Waals surface area contributed by atoms with E-state index < -0.39 is 115 Å². The maximum Gasteiger partial charge on any atom is 0.373 e. The molecule has 388 valence electrons. The number of hydrogen-bond donors (Lipinski definition) is 10. The number of rotatable bonds is 35. The Hall–Kier alpha value is -7.30. The van der Waals surface area contributed by atoms with E-state index in [9.17, 15) is 68.1 Å². The number of urea groups is 1. The number of thioether (sulfide) groups is 1. The molecule has 5 amide bonds. The Morgan fingerprint density at radius 3 is 1.70 bits per heavy atom. The summed E-state index contributed by atoms with van der Waals surface area (Å²) in [5.74, 6) is -10.9. The van der Waals surface area contributed by atoms with Crippen LogP contribution in [-0.2, 0) is 70.4 Å². The number of carboxylic acids is 4. The lowest BCUT2D eigenvalue weighted by molar-refractivity contribution is -0.192. The lowest BCUT2D eigenvalue weighted by atomic mass is 9.89. The van der Waals surface area contributed by atoms with Crippen LogP contribution in [0.3, 0.4) is 0 Å². The smallest absolute Gasteiger partial charge is 0.373 e. The second-order valence-corrected chi connectivity index (χ2v) is 17.1. The van der Waals surface area contributed by atoms with Gasteiger partial charge < -0.3 is 52.7 Å². The molecule has 0 aromatic heterocycles. The number of ketones is 3. The maximum atomic E-state index is 14.1. The number of carboxylic acid groups (broad SMARTS) is 4. The Morgan fingerprint density at radius 1 is 0.592 bits per heavy atom. The van der Waals surface area contributed by atoms with E-state index in [-0.39, 0.29) is 94.9 Å². The van der Waals surface area contributed by atoms with Crippen LogP contribution in [0.2, 0.25) is 0 Å². The van der Waals surface area contributed by atoms with Crippen molar-refractivity contribution in [3.8, 4) is 0 Å². The average Bonchev–Trinajstić information content (AvgIpc) is 3.31. The van der Waals surface area contributed by atoms with Gasteiger partial charge in [-0.25, -0.2) is 9.59 Å². The van der Waals surface area contributed by atoms with E-state index in [1.165, 1.54) is 11.8 Å². The summed E-state index contributed by atoms with van der Waals surface area (Å²) in [4.78, 5) is 153. The van der Waals surface area contributed by atoms with Crippen LogP contribution in [0.15, 0.2) is 60.7 Å². The van der Waals surface area contributed by atoms with Crippen LogP contribution in [0.25, 0.3) is 0 Å². The number of aliphatic carboxylic acids is 4. The largest absolute Gasteiger partial charge is 0.481 e. The highest BCUT2D eigenvalue weighted by atomic mass is 32.2. The van der Waals surface area contributed by atoms with E-state index in [1.54, 1.807) is 66.9 Å². The zero-order valence-corrected chi connectivity index (χ0v) is 39.9. The first-order chi connectivity index (χ1) is 33.7. The van der Waals surface area contributed by atoms with Crippen molar-refractivity contribution in [1.29, 1.82) is 0 Å². The van der Waals surface area contributed by atoms with Gasteiger partial charge in [0.2, 0.25) is 17.7 Å². The van der Waals surface area contributed by atoms with Crippen molar-refractivity contribution in [2.45, 2.75) is 108 Å². The van der Waals surface area contributed by atoms with Gasteiger partial charge in [0.05, 0.1) is 24.4 Å². The van der Waals surface area contributed by atoms with Crippen LogP contribution in [0, 0.1) is 11.8 Å². The van der Waals surface area contributed by atoms with E-state index in [1.807, 2.05) is 0 Å². The number of unbranched alkanes of at least 4 members (excludes halogenated alkanes) is 1. The topological polar surface area (TPSA) is 389 Å². The lowest BCUT2D eigenvalue weighted by Gasteiger charge is -2.23. The van der Waals surface area contributed by atoms with Crippen LogP contribution in [0.1, 0.15) is 81.8 Å². The molecule has 0 saturated heterocycles. The predicted molar refractivity (Wildman–Crippen MR) is 252 cm³/mol. The van der Waals surface area contributed by atoms with Crippen molar-refractivity contribution in [3.63, 3.8) is 0 Å². The van der Waals surface area contributed by atoms with Gasteiger partial charge in [0.15, 0.2) is 11.6 Å². The summed E-state index contributed by atoms with van der Waals surface area (Å²) in [7, 11) is 0. The minimum absolute atomic E-state index is 0.0111. The molecule has 0 heterocycles. The number of carbonyl (C=O) groups excluding carboxylic acids is 9. The highest BCUT2D eigenvalue weighted by Gasteiger charge is 2.32. The molecule has 2 aromatic rings. The Bertz CT molecular complexity index is 2140. The molecule has 0 aliphatic rings. The van der Waals surface area contributed by atoms with Crippen LogP contribution < -0.4 is 32.3 Å². The van der Waals surface area contributed by atoms with E-state index in [4.69, 9.17) is 20.4 Å². The van der Waals surface area contributed by atoms with Crippen molar-refractivity contribution in [2.24, 2.45) is 17.6 Å². The second-order valence-electron chi connectivity index (χ2n) is 16.2. The summed E-state index contributed by atoms with van der Waals surface area (Å²) in [5, 5.41) is 49.2. The highest BCUT2D eigenvalue weighted by Crippen LogP contribution is 2.18. The number of nitrogens with two attached hydrogens (primary N) is 1. The fourth-order valence-corrected chi connectivity index (χ4v) is 7.46. The minimum atomic E-state index is -1.59. The summed E-state index contributed by atoms with van der Waals surface area (Å²) >= 11 is 1.18. The number of hydrogen-bond acceptors (Lipinski definition) is 15. The van der Waals surface area contributed by atoms with Crippen LogP contribution >= 0.6 is 11.8 Å². The molecule has 6 atom stereocenters. The molecular formula is C47H62N6O17S. The molecule has 0 saturated carbocycles. The zero-order chi connectivity index (χ0) is 53.3. The van der Waals surface area contributed by atoms with Gasteiger partial charge in [0.25, 0.3) is 0 Å². The molecule has 0 aliphatic carbocycles. The molecule has 0 unspecified atom stereocenters. The first kappa shape index (κ1) is 61.7. The highest BCUT2D eigenvalue weighted by molar-refractivity contribution is 7.98. The second kappa shape index (κ2) is 34.9. The van der Waals surface area contributed by atoms with Crippen molar-refractivity contribution in [1.82, 2.24) is 26.6 Å². The van der Waals surface area contributed by atoms with E-state index in [0.29, 0.717) is 11.1 Å². The average molecular weight is 1020 g/mol. The number of benzene rings is 2. The molecule has 0 bridgehead atoms. The summed E-state index contributed by atoms with van der Waals surface area (Å²) in [6.45, 7) is -0.474. The summed E-state index contributed by atoms with van der Waals surface area (Å²) < 4.78 is 0. The molecule has 0 spiro atoms. The quantitative estimate of drug-likeness (QED) is 0.0429. The summed E-state index contributed by atoms with van der Waals surface area (Å²) in [5.41, 5.74) is 7.47. The van der Waals surface area contributed by atoms with Crippen molar-refractivity contribution in [2.75, 3.05) is 25.1 Å². The molecule has 2 rings (SSSR count). The third-order valence-electron chi connectivity index (χ3n) is 10.5. The maximum absolute atomic E-state index is 14.1. The van der Waals surface area contributed by atoms with Gasteiger partial charge in [-0.1, -0.05) is 60.7 Å². The lowest BCUT2D eigenvalue weighted by Crippen LogP contribution is -2.53. The van der Waals surface area contributed by atoms with Gasteiger partial charge >= 0.3 is 36.1 Å². The van der Waals surface area contributed by atoms with Gasteiger partial charge in [-0.3, -0.25) is 43.2 Å². The fourth-order valence-electron chi connectivity index (χ4n) is 6.80. The standard InChI is InChI=1S/C46H62N6O15S.CO2/c1-68-27-31(44(63)64)24-38(55)36(25-41(59)60)51-43(62)33(47)26-49-42(61)30(21-28-11-4-2-5-12-28)23-37(54)35(22-29-13-6-3-7-14-29)50-39(56)16-9-8-15-32(53)18-19-34(45(65)66)52-46(67)48-20-10-17-40(57)58;2-1-3/h2-7,11-14,30-31,33-36H,8-10,15-27,47H2,1H3,(H,49,61)(H,50,56)(H,51,62)(H,57,58)(H,59,60)(H,63,64)(H,65,66)(H2,48,52,67);/t30-,31+,33+,34+,35+,36+;/m1./s1. The number of nitrogens with one attached hydrogen (secondary N) is 5. The Labute approximate surface area is 413 Å². The minimum Gasteiger partial charge on any atom is -0.481 e. The number of carbonyl (C=O) groups is 11. The zero-order valence-electron chi connectivity index (χ0n) is 39.1. The SMILES string of the molecule is CSC[C@H](CC(=O)[C@H](CC(=O)O)NC(=O)[C@@H](N)CNC(=O)[C@@H](CC(=O)[C@H](Cc1ccccc1)NC(=O)CCCCC(=O)CC[C@H](NC(=O)NCCCC(=O)O)C(=O)O)Cc1ccccc1)C(=O)O.O=C=O. The molecule has 11 N–H and O–H groups in total. The predicted octanol–water partition coefficient (Wildman–Crippen LogP) is 0.901. The third kappa shape index (κ3) is 27.5. The molecule has 0 aliphatic heterocycles. The van der Waals surface area contributed by atoms with Crippen molar-refractivity contribution < 1.29 is 82.8 Å². The Morgan fingerprint density at radius 2 is 1.15 bits per heavy atom. The number of Topliss-reactive ketones (excluding diaryl/α,β-unsaturated/α-hetero) is 3. The monoisotopic (exact) mass is 1010 g/mol. The molecule has 71 heavy (non-hydrogen) atoms. The van der Waals surface area contributed by atoms with Gasteiger partial charge in [0, 0.05) is 63.3 Å². The molecule has 0 fully saturated rings. The molecular weight excluding hydrogens is 953 g/mol. The summed E-state index contributed by atoms with van der Waals surface area (Å²) in [6.07, 6.45) is 0.352. The van der Waals surface area contributed by atoms with E-state index in [2.05, 4.69) is 26.6 Å². The van der Waals surface area contributed by atoms with Crippen LogP contribution in [0.5, 0.6) is 0 Å². The Kier molecular flexibility index (Phi) is 30.3. The first-order valence-corrected chi connectivity index (χ1v) is 23.8. The van der Waals surface area contributed by atoms with Crippen molar-refractivity contribution >= 4 is 82.9 Å². The van der Waals surface area contributed by atoms with E-state index in [0.717, 1.165) is 0 Å². The summed E-state index contributed by atoms with van der Waals surface area (Å²) in [6, 6.07) is 11.2. The first-order valence-electron chi connectivity index (χ1n) is 22.4. The molecule has 23 nitrogen and oxygen atoms in total.